The minimum atomic E-state index is 0.538. The van der Waals surface area contributed by atoms with Gasteiger partial charge in [-0.05, 0) is 39.8 Å². The fourth-order valence-electron chi connectivity index (χ4n) is 1.33. The van der Waals surface area contributed by atoms with E-state index in [1.807, 2.05) is 0 Å². The highest BCUT2D eigenvalue weighted by atomic mass is 15.1. The van der Waals surface area contributed by atoms with Crippen LogP contribution < -0.4 is 0 Å². The molecular formula is C11H17N. The van der Waals surface area contributed by atoms with Crippen molar-refractivity contribution in [3.8, 4) is 0 Å². The van der Waals surface area contributed by atoms with E-state index in [4.69, 9.17) is 0 Å². The molecule has 0 aromatic heterocycles. The smallest absolute Gasteiger partial charge is 0.0394 e. The number of hydrogen-bond acceptors (Lipinski definition) is 1. The van der Waals surface area contributed by atoms with Gasteiger partial charge in [-0.2, -0.15) is 0 Å². The van der Waals surface area contributed by atoms with Crippen molar-refractivity contribution in [1.29, 1.82) is 0 Å². The third-order valence-electron chi connectivity index (χ3n) is 1.96. The normalized spacial score (nSPS) is 16.1. The van der Waals surface area contributed by atoms with Crippen LogP contribution in [-0.2, 0) is 0 Å². The molecule has 0 amide bonds. The van der Waals surface area contributed by atoms with Gasteiger partial charge in [-0.3, -0.25) is 0 Å². The zero-order valence-electron chi connectivity index (χ0n) is 8.33. The van der Waals surface area contributed by atoms with E-state index >= 15 is 0 Å². The summed E-state index contributed by atoms with van der Waals surface area (Å²) in [7, 11) is 0. The van der Waals surface area contributed by atoms with Crippen LogP contribution in [0.4, 0.5) is 0 Å². The van der Waals surface area contributed by atoms with Crippen molar-refractivity contribution in [2.45, 2.75) is 33.7 Å². The lowest BCUT2D eigenvalue weighted by atomic mass is 10.1. The zero-order valence-corrected chi connectivity index (χ0v) is 8.33. The van der Waals surface area contributed by atoms with Crippen LogP contribution in [0.2, 0.25) is 0 Å². The van der Waals surface area contributed by atoms with Crippen molar-refractivity contribution in [2.24, 2.45) is 0 Å². The van der Waals surface area contributed by atoms with Gasteiger partial charge < -0.3 is 4.90 Å². The Bertz CT molecular complexity index is 240. The molecule has 0 N–H and O–H groups in total. The molecule has 0 spiro atoms. The zero-order chi connectivity index (χ0) is 9.14. The Morgan fingerprint density at radius 1 is 1.25 bits per heavy atom. The first-order valence-electron chi connectivity index (χ1n) is 4.43. The van der Waals surface area contributed by atoms with E-state index in [9.17, 15) is 0 Å². The van der Waals surface area contributed by atoms with Gasteiger partial charge in [0, 0.05) is 17.9 Å². The molecule has 0 saturated carbocycles. The van der Waals surface area contributed by atoms with Gasteiger partial charge in [0.15, 0.2) is 0 Å². The van der Waals surface area contributed by atoms with E-state index in [0.29, 0.717) is 6.04 Å². The first-order chi connectivity index (χ1) is 5.63. The van der Waals surface area contributed by atoms with Gasteiger partial charge in [-0.1, -0.05) is 11.6 Å². The first-order valence-corrected chi connectivity index (χ1v) is 4.43. The molecule has 1 aliphatic heterocycles. The molecule has 0 aliphatic carbocycles. The molecule has 0 bridgehead atoms. The first kappa shape index (κ1) is 9.11. The van der Waals surface area contributed by atoms with Crippen molar-refractivity contribution in [1.82, 2.24) is 4.90 Å². The fourth-order valence-corrected chi connectivity index (χ4v) is 1.33. The second-order valence-corrected chi connectivity index (χ2v) is 3.59. The molecular weight excluding hydrogens is 146 g/mol. The molecule has 1 rings (SSSR count). The summed E-state index contributed by atoms with van der Waals surface area (Å²) in [5.74, 6) is 0. The number of rotatable bonds is 1. The summed E-state index contributed by atoms with van der Waals surface area (Å²) >= 11 is 0. The Morgan fingerprint density at radius 3 is 2.33 bits per heavy atom. The van der Waals surface area contributed by atoms with Crippen LogP contribution in [0.5, 0.6) is 0 Å². The van der Waals surface area contributed by atoms with Crippen LogP contribution in [0.1, 0.15) is 27.7 Å². The molecule has 12 heavy (non-hydrogen) atoms. The Balaban J connectivity index is 2.94. The minimum absolute atomic E-state index is 0.538. The third kappa shape index (κ3) is 1.79. The lowest BCUT2D eigenvalue weighted by Crippen LogP contribution is -2.25. The Morgan fingerprint density at radius 2 is 1.92 bits per heavy atom. The van der Waals surface area contributed by atoms with Gasteiger partial charge in [0.05, 0.1) is 0 Å². The van der Waals surface area contributed by atoms with Gasteiger partial charge >= 0.3 is 0 Å². The molecule has 1 heteroatoms. The maximum absolute atomic E-state index is 2.29. The SMILES string of the molecule is CC(C)=C1C=CC=CN1C(C)C. The van der Waals surface area contributed by atoms with E-state index in [1.165, 1.54) is 11.3 Å². The summed E-state index contributed by atoms with van der Waals surface area (Å²) in [4.78, 5) is 2.29. The molecule has 0 unspecified atom stereocenters. The van der Waals surface area contributed by atoms with E-state index < -0.39 is 0 Å². The van der Waals surface area contributed by atoms with Gasteiger partial charge in [0.1, 0.15) is 0 Å². The Kier molecular flexibility index (Phi) is 2.74. The Hall–Kier alpha value is -0.980. The molecule has 66 valence electrons. The third-order valence-corrected chi connectivity index (χ3v) is 1.96. The second-order valence-electron chi connectivity index (χ2n) is 3.59. The van der Waals surface area contributed by atoms with Crippen LogP contribution in [0, 0.1) is 0 Å². The van der Waals surface area contributed by atoms with Crippen molar-refractivity contribution in [3.63, 3.8) is 0 Å². The molecule has 0 aromatic carbocycles. The van der Waals surface area contributed by atoms with Crippen molar-refractivity contribution in [3.05, 3.63) is 35.7 Å². The van der Waals surface area contributed by atoms with Crippen molar-refractivity contribution in [2.75, 3.05) is 0 Å². The topological polar surface area (TPSA) is 3.24 Å². The lowest BCUT2D eigenvalue weighted by molar-refractivity contribution is 0.389. The molecule has 0 saturated heterocycles. The summed E-state index contributed by atoms with van der Waals surface area (Å²) < 4.78 is 0. The summed E-state index contributed by atoms with van der Waals surface area (Å²) in [5, 5.41) is 0. The fraction of sp³-hybridized carbons (Fsp3) is 0.455. The van der Waals surface area contributed by atoms with Gasteiger partial charge in [0.25, 0.3) is 0 Å². The predicted octanol–water partition coefficient (Wildman–Crippen LogP) is 3.07. The molecule has 1 heterocycles. The Labute approximate surface area is 75.1 Å². The molecule has 0 radical (unpaired) electrons. The summed E-state index contributed by atoms with van der Waals surface area (Å²) in [5.41, 5.74) is 2.69. The van der Waals surface area contributed by atoms with E-state index in [1.54, 1.807) is 0 Å². The van der Waals surface area contributed by atoms with Crippen LogP contribution >= 0.6 is 0 Å². The average molecular weight is 163 g/mol. The quantitative estimate of drug-likeness (QED) is 0.574. The molecule has 0 fully saturated rings. The maximum Gasteiger partial charge on any atom is 0.0394 e. The van der Waals surface area contributed by atoms with Crippen molar-refractivity contribution < 1.29 is 0 Å². The van der Waals surface area contributed by atoms with Gasteiger partial charge in [-0.15, -0.1) is 0 Å². The van der Waals surface area contributed by atoms with Gasteiger partial charge in [-0.25, -0.2) is 0 Å². The van der Waals surface area contributed by atoms with Gasteiger partial charge in [0.2, 0.25) is 0 Å². The maximum atomic E-state index is 2.29. The molecule has 0 atom stereocenters. The number of hydrogen-bond donors (Lipinski definition) is 0. The van der Waals surface area contributed by atoms with Crippen LogP contribution in [0.3, 0.4) is 0 Å². The van der Waals surface area contributed by atoms with E-state index in [0.717, 1.165) is 0 Å². The van der Waals surface area contributed by atoms with Crippen LogP contribution in [-0.4, -0.2) is 10.9 Å². The highest BCUT2D eigenvalue weighted by molar-refractivity contribution is 5.31. The number of nitrogens with zero attached hydrogens (tertiary/aromatic N) is 1. The van der Waals surface area contributed by atoms with Crippen LogP contribution in [0.25, 0.3) is 0 Å². The van der Waals surface area contributed by atoms with E-state index in [-0.39, 0.29) is 0 Å². The number of allylic oxidation sites excluding steroid dienone is 4. The summed E-state index contributed by atoms with van der Waals surface area (Å²) in [6.45, 7) is 8.70. The van der Waals surface area contributed by atoms with Crippen molar-refractivity contribution >= 4 is 0 Å². The standard InChI is InChI=1S/C11H17N/c1-9(2)11-7-5-6-8-12(11)10(3)4/h5-8,10H,1-4H3. The van der Waals surface area contributed by atoms with E-state index in [2.05, 4.69) is 57.0 Å². The molecule has 1 aliphatic rings. The molecule has 0 aromatic rings. The minimum Gasteiger partial charge on any atom is -0.346 e. The largest absolute Gasteiger partial charge is 0.346 e. The summed E-state index contributed by atoms with van der Waals surface area (Å²) in [6, 6.07) is 0.538. The monoisotopic (exact) mass is 163 g/mol. The van der Waals surface area contributed by atoms with Crippen LogP contribution in [0.15, 0.2) is 35.7 Å². The average Bonchev–Trinajstić information content (AvgIpc) is 2.04. The second kappa shape index (κ2) is 3.61. The predicted molar refractivity (Wildman–Crippen MR) is 53.6 cm³/mol. The summed E-state index contributed by atoms with van der Waals surface area (Å²) in [6.07, 6.45) is 8.45. The highest BCUT2D eigenvalue weighted by Gasteiger charge is 2.10. The molecule has 1 nitrogen and oxygen atoms in total. The lowest BCUT2D eigenvalue weighted by Gasteiger charge is -2.28. The highest BCUT2D eigenvalue weighted by Crippen LogP contribution is 2.18.